The number of hydrogen-bond acceptors (Lipinski definition) is 2. The predicted molar refractivity (Wildman–Crippen MR) is 70.7 cm³/mol. The largest absolute Gasteiger partial charge is 0.465 e. The predicted octanol–water partition coefficient (Wildman–Crippen LogP) is 2.83. The number of fused-ring (bicyclic) bond motifs is 1. The van der Waals surface area contributed by atoms with Crippen molar-refractivity contribution in [1.29, 1.82) is 0 Å². The number of nitrogens with one attached hydrogen (secondary N) is 1. The molecule has 2 aromatic rings. The summed E-state index contributed by atoms with van der Waals surface area (Å²) in [5, 5.41) is 13.2. The van der Waals surface area contributed by atoms with Gasteiger partial charge in [-0.3, -0.25) is 4.98 Å². The van der Waals surface area contributed by atoms with Gasteiger partial charge < -0.3 is 10.4 Å². The van der Waals surface area contributed by atoms with Crippen molar-refractivity contribution < 1.29 is 9.90 Å². The fourth-order valence-electron chi connectivity index (χ4n) is 2.01. The summed E-state index contributed by atoms with van der Waals surface area (Å²) in [6, 6.07) is 8.18. The summed E-state index contributed by atoms with van der Waals surface area (Å²) in [5.41, 5.74) is 1.23. The van der Waals surface area contributed by atoms with Crippen molar-refractivity contribution in [2.75, 3.05) is 6.54 Å². The van der Waals surface area contributed by atoms with Crippen LogP contribution in [0.3, 0.4) is 0 Å². The van der Waals surface area contributed by atoms with Crippen molar-refractivity contribution in [3.05, 3.63) is 42.2 Å². The number of amides is 1. The van der Waals surface area contributed by atoms with E-state index in [1.54, 1.807) is 0 Å². The molecule has 2 rings (SSSR count). The highest BCUT2D eigenvalue weighted by molar-refractivity contribution is 5.84. The molecule has 0 bridgehead atoms. The molecule has 0 aliphatic carbocycles. The van der Waals surface area contributed by atoms with Crippen molar-refractivity contribution in [3.8, 4) is 0 Å². The Kier molecular flexibility index (Phi) is 4.12. The van der Waals surface area contributed by atoms with E-state index < -0.39 is 6.09 Å². The van der Waals surface area contributed by atoms with E-state index in [2.05, 4.69) is 22.4 Å². The fraction of sp³-hybridized carbons (Fsp3) is 0.286. The first-order valence-corrected chi connectivity index (χ1v) is 6.06. The van der Waals surface area contributed by atoms with Gasteiger partial charge in [-0.25, -0.2) is 4.79 Å². The molecular weight excluding hydrogens is 228 g/mol. The molecule has 94 valence electrons. The second-order valence-corrected chi connectivity index (χ2v) is 4.21. The fourth-order valence-corrected chi connectivity index (χ4v) is 2.01. The Morgan fingerprint density at radius 1 is 1.22 bits per heavy atom. The van der Waals surface area contributed by atoms with Gasteiger partial charge in [-0.15, -0.1) is 0 Å². The molecule has 4 heteroatoms. The van der Waals surface area contributed by atoms with E-state index in [1.807, 2.05) is 24.5 Å². The minimum atomic E-state index is -0.957. The molecule has 0 unspecified atom stereocenters. The van der Waals surface area contributed by atoms with E-state index in [1.165, 1.54) is 10.9 Å². The summed E-state index contributed by atoms with van der Waals surface area (Å²) in [7, 11) is 0. The zero-order chi connectivity index (χ0) is 12.8. The van der Waals surface area contributed by atoms with E-state index in [9.17, 15) is 4.79 Å². The van der Waals surface area contributed by atoms with Crippen molar-refractivity contribution >= 4 is 16.9 Å². The molecule has 1 amide bonds. The van der Waals surface area contributed by atoms with Crippen LogP contribution in [0.2, 0.25) is 0 Å². The van der Waals surface area contributed by atoms with Gasteiger partial charge in [0.15, 0.2) is 0 Å². The van der Waals surface area contributed by atoms with Crippen molar-refractivity contribution in [3.63, 3.8) is 0 Å². The first kappa shape index (κ1) is 12.4. The SMILES string of the molecule is O=C(O)NCCCCc1cncc2ccccc12. The molecule has 0 radical (unpaired) electrons. The molecule has 2 N–H and O–H groups in total. The lowest BCUT2D eigenvalue weighted by atomic mass is 10.0. The van der Waals surface area contributed by atoms with Gasteiger partial charge in [-0.05, 0) is 30.2 Å². The van der Waals surface area contributed by atoms with Crippen LogP contribution in [-0.4, -0.2) is 22.7 Å². The summed E-state index contributed by atoms with van der Waals surface area (Å²) >= 11 is 0. The number of aromatic nitrogens is 1. The maximum absolute atomic E-state index is 10.3. The number of nitrogens with zero attached hydrogens (tertiary/aromatic N) is 1. The maximum Gasteiger partial charge on any atom is 0.404 e. The first-order chi connectivity index (χ1) is 8.77. The number of carboxylic acid groups (broad SMARTS) is 1. The molecule has 0 saturated heterocycles. The van der Waals surface area contributed by atoms with Gasteiger partial charge >= 0.3 is 6.09 Å². The summed E-state index contributed by atoms with van der Waals surface area (Å²) in [6.45, 7) is 0.507. The zero-order valence-corrected chi connectivity index (χ0v) is 10.1. The lowest BCUT2D eigenvalue weighted by Gasteiger charge is -2.05. The molecule has 0 saturated carbocycles. The maximum atomic E-state index is 10.3. The summed E-state index contributed by atoms with van der Waals surface area (Å²) < 4.78 is 0. The highest BCUT2D eigenvalue weighted by atomic mass is 16.4. The van der Waals surface area contributed by atoms with Crippen LogP contribution in [0.5, 0.6) is 0 Å². The van der Waals surface area contributed by atoms with E-state index in [0.29, 0.717) is 6.54 Å². The molecule has 0 spiro atoms. The Morgan fingerprint density at radius 2 is 2.06 bits per heavy atom. The number of pyridine rings is 1. The van der Waals surface area contributed by atoms with E-state index >= 15 is 0 Å². The van der Waals surface area contributed by atoms with Crippen LogP contribution in [0.25, 0.3) is 10.8 Å². The second kappa shape index (κ2) is 6.00. The van der Waals surface area contributed by atoms with E-state index in [0.717, 1.165) is 24.6 Å². The minimum absolute atomic E-state index is 0.507. The quantitative estimate of drug-likeness (QED) is 0.795. The molecular formula is C14H16N2O2. The highest BCUT2D eigenvalue weighted by Crippen LogP contribution is 2.18. The van der Waals surface area contributed by atoms with Gasteiger partial charge in [0.2, 0.25) is 0 Å². The number of hydrogen-bond donors (Lipinski definition) is 2. The Bertz CT molecular complexity index is 535. The number of rotatable bonds is 5. The van der Waals surface area contributed by atoms with Gasteiger partial charge in [-0.2, -0.15) is 0 Å². The second-order valence-electron chi connectivity index (χ2n) is 4.21. The molecule has 0 aliphatic heterocycles. The molecule has 0 aliphatic rings. The van der Waals surface area contributed by atoms with Gasteiger partial charge in [0, 0.05) is 24.3 Å². The van der Waals surface area contributed by atoms with Crippen LogP contribution < -0.4 is 5.32 Å². The molecule has 0 atom stereocenters. The third kappa shape index (κ3) is 3.20. The summed E-state index contributed by atoms with van der Waals surface area (Å²) in [6.07, 6.45) is 5.53. The van der Waals surface area contributed by atoms with Gasteiger partial charge in [0.25, 0.3) is 0 Å². The summed E-state index contributed by atoms with van der Waals surface area (Å²) in [5.74, 6) is 0. The van der Waals surface area contributed by atoms with Gasteiger partial charge in [0.1, 0.15) is 0 Å². The van der Waals surface area contributed by atoms with E-state index in [4.69, 9.17) is 5.11 Å². The van der Waals surface area contributed by atoms with Gasteiger partial charge in [-0.1, -0.05) is 24.3 Å². The first-order valence-electron chi connectivity index (χ1n) is 6.06. The van der Waals surface area contributed by atoms with Crippen LogP contribution >= 0.6 is 0 Å². The minimum Gasteiger partial charge on any atom is -0.465 e. The molecule has 1 aromatic carbocycles. The summed E-state index contributed by atoms with van der Waals surface area (Å²) in [4.78, 5) is 14.5. The Morgan fingerprint density at radius 3 is 2.89 bits per heavy atom. The molecule has 0 fully saturated rings. The van der Waals surface area contributed by atoms with Crippen molar-refractivity contribution in [2.45, 2.75) is 19.3 Å². The highest BCUT2D eigenvalue weighted by Gasteiger charge is 2.01. The molecule has 18 heavy (non-hydrogen) atoms. The Labute approximate surface area is 106 Å². The Balaban J connectivity index is 1.93. The monoisotopic (exact) mass is 244 g/mol. The van der Waals surface area contributed by atoms with Crippen LogP contribution in [0, 0.1) is 0 Å². The standard InChI is InChI=1S/C14H16N2O2/c17-14(18)16-8-4-3-6-12-10-15-9-11-5-1-2-7-13(11)12/h1-2,5,7,9-10,16H,3-4,6,8H2,(H,17,18). The molecule has 1 aromatic heterocycles. The lowest BCUT2D eigenvalue weighted by Crippen LogP contribution is -2.21. The number of unbranched alkanes of at least 4 members (excludes halogenated alkanes) is 1. The third-order valence-corrected chi connectivity index (χ3v) is 2.90. The molecule has 1 heterocycles. The number of carbonyl (C=O) groups is 1. The third-order valence-electron chi connectivity index (χ3n) is 2.90. The zero-order valence-electron chi connectivity index (χ0n) is 10.1. The number of aryl methyl sites for hydroxylation is 1. The van der Waals surface area contributed by atoms with Crippen LogP contribution in [0.15, 0.2) is 36.7 Å². The average Bonchev–Trinajstić information content (AvgIpc) is 2.38. The average molecular weight is 244 g/mol. The van der Waals surface area contributed by atoms with Crippen LogP contribution in [0.4, 0.5) is 4.79 Å². The topological polar surface area (TPSA) is 62.2 Å². The van der Waals surface area contributed by atoms with Crippen LogP contribution in [-0.2, 0) is 6.42 Å². The van der Waals surface area contributed by atoms with Gasteiger partial charge in [0.05, 0.1) is 0 Å². The molecule has 4 nitrogen and oxygen atoms in total. The van der Waals surface area contributed by atoms with E-state index in [-0.39, 0.29) is 0 Å². The van der Waals surface area contributed by atoms with Crippen molar-refractivity contribution in [2.24, 2.45) is 0 Å². The normalized spacial score (nSPS) is 10.4. The van der Waals surface area contributed by atoms with Crippen LogP contribution in [0.1, 0.15) is 18.4 Å². The number of benzene rings is 1. The lowest BCUT2D eigenvalue weighted by molar-refractivity contribution is 0.194. The smallest absolute Gasteiger partial charge is 0.404 e. The Hall–Kier alpha value is -2.10. The van der Waals surface area contributed by atoms with Crippen molar-refractivity contribution in [1.82, 2.24) is 10.3 Å².